The van der Waals surface area contributed by atoms with Crippen LogP contribution in [0.4, 0.5) is 11.4 Å². The summed E-state index contributed by atoms with van der Waals surface area (Å²) >= 11 is 6.56. The minimum Gasteiger partial charge on any atom is -0.478 e. The third kappa shape index (κ3) is 4.97. The largest absolute Gasteiger partial charge is 0.478 e. The summed E-state index contributed by atoms with van der Waals surface area (Å²) in [5.74, 6) is 1.74. The highest BCUT2D eigenvalue weighted by Crippen LogP contribution is 2.65. The molecule has 4 aromatic rings. The number of anilines is 2. The van der Waals surface area contributed by atoms with Gasteiger partial charge in [-0.25, -0.2) is 9.78 Å². The molecule has 0 spiro atoms. The summed E-state index contributed by atoms with van der Waals surface area (Å²) in [6, 6.07) is 19.2. The second kappa shape index (κ2) is 11.1. The van der Waals surface area contributed by atoms with Crippen LogP contribution < -0.4 is 4.90 Å². The van der Waals surface area contributed by atoms with Crippen molar-refractivity contribution in [2.24, 2.45) is 23.2 Å². The van der Waals surface area contributed by atoms with E-state index in [1.54, 1.807) is 12.1 Å². The number of hydrogen-bond donors (Lipinski definition) is 1. The SMILES string of the molecule is Cc1ccc(N(C)c2cccc(C(=O)N3CC4CC5C(C3)CC5(Cc3nc5ccc(C(=O)O)cc5n3C[C@@H]3CCO3)C4)c2)c(Cl)c1. The Morgan fingerprint density at radius 2 is 1.93 bits per heavy atom. The number of carboxylic acids is 1. The monoisotopic (exact) mass is 638 g/mol. The molecule has 238 valence electrons. The Balaban J connectivity index is 1.00. The first-order valence-electron chi connectivity index (χ1n) is 16.4. The van der Waals surface area contributed by atoms with Gasteiger partial charge in [-0.15, -0.1) is 0 Å². The number of nitrogens with zero attached hydrogens (tertiary/aromatic N) is 4. The van der Waals surface area contributed by atoms with Crippen molar-refractivity contribution >= 4 is 45.9 Å². The molecule has 3 aromatic carbocycles. The van der Waals surface area contributed by atoms with E-state index in [-0.39, 0.29) is 23.0 Å². The van der Waals surface area contributed by atoms with E-state index >= 15 is 0 Å². The zero-order chi connectivity index (χ0) is 31.7. The van der Waals surface area contributed by atoms with Crippen LogP contribution in [0.1, 0.15) is 57.8 Å². The fourth-order valence-electron chi connectivity index (χ4n) is 8.94. The van der Waals surface area contributed by atoms with E-state index in [2.05, 4.69) is 9.47 Å². The first-order chi connectivity index (χ1) is 22.2. The van der Waals surface area contributed by atoms with Crippen LogP contribution in [-0.2, 0) is 17.7 Å². The summed E-state index contributed by atoms with van der Waals surface area (Å²) in [7, 11) is 1.98. The van der Waals surface area contributed by atoms with E-state index in [9.17, 15) is 14.7 Å². The van der Waals surface area contributed by atoms with Crippen LogP contribution in [0.5, 0.6) is 0 Å². The van der Waals surface area contributed by atoms with E-state index in [1.807, 2.05) is 67.4 Å². The number of likely N-dealkylation sites (tertiary alicyclic amines) is 1. The number of carbonyl (C=O) groups is 2. The van der Waals surface area contributed by atoms with Crippen molar-refractivity contribution in [3.63, 3.8) is 0 Å². The van der Waals surface area contributed by atoms with Crippen molar-refractivity contribution < 1.29 is 19.4 Å². The standard InChI is InChI=1S/C37H39ClN4O4/c1-22-6-9-32(30(38)12-22)40(2)27-5-3-4-24(14-27)35(43)41-19-23-13-29-26(20-41)17-37(29,16-23)18-34-39-31-8-7-25(36(44)45)15-33(31)42(34)21-28-10-11-46-28/h3-9,12,14-15,23,26,28-29H,10-11,13,16-21H2,1-2H3,(H,44,45)/t23?,26?,28-,29?,37?/m0/s1. The summed E-state index contributed by atoms with van der Waals surface area (Å²) in [4.78, 5) is 34.9. The Morgan fingerprint density at radius 1 is 1.09 bits per heavy atom. The van der Waals surface area contributed by atoms with Gasteiger partial charge in [0.2, 0.25) is 0 Å². The quantitative estimate of drug-likeness (QED) is 0.224. The molecule has 4 aliphatic rings. The number of ether oxygens (including phenoxy) is 1. The molecule has 1 amide bonds. The summed E-state index contributed by atoms with van der Waals surface area (Å²) in [5, 5.41) is 10.3. The Hall–Kier alpha value is -3.88. The van der Waals surface area contributed by atoms with Crippen LogP contribution in [0.15, 0.2) is 60.7 Å². The fourth-order valence-corrected chi connectivity index (χ4v) is 9.30. The number of hydrogen-bond acceptors (Lipinski definition) is 5. The molecule has 0 radical (unpaired) electrons. The molecule has 9 heteroatoms. The van der Waals surface area contributed by atoms with Crippen molar-refractivity contribution in [3.05, 3.63) is 88.2 Å². The lowest BCUT2D eigenvalue weighted by Crippen LogP contribution is -2.52. The number of aromatic carboxylic acids is 1. The highest BCUT2D eigenvalue weighted by atomic mass is 35.5. The zero-order valence-corrected chi connectivity index (χ0v) is 27.0. The van der Waals surface area contributed by atoms with E-state index < -0.39 is 5.97 Å². The van der Waals surface area contributed by atoms with Crippen molar-refractivity contribution in [2.45, 2.75) is 51.7 Å². The van der Waals surface area contributed by atoms with E-state index in [0.29, 0.717) is 34.9 Å². The molecule has 2 bridgehead atoms. The molecular formula is C37H39ClN4O4. The number of amides is 1. The number of aryl methyl sites for hydroxylation is 1. The lowest BCUT2D eigenvalue weighted by molar-refractivity contribution is -0.0607. The molecule has 8 nitrogen and oxygen atoms in total. The van der Waals surface area contributed by atoms with Crippen molar-refractivity contribution in [1.29, 1.82) is 0 Å². The van der Waals surface area contributed by atoms with Gasteiger partial charge < -0.3 is 24.2 Å². The minimum absolute atomic E-state index is 0.104. The third-order valence-electron chi connectivity index (χ3n) is 11.2. The second-order valence-corrected chi connectivity index (χ2v) is 14.5. The number of carbonyl (C=O) groups excluding carboxylic acids is 1. The van der Waals surface area contributed by atoms with Crippen molar-refractivity contribution in [2.75, 3.05) is 31.6 Å². The molecule has 2 saturated heterocycles. The molecule has 2 aliphatic carbocycles. The molecule has 4 unspecified atom stereocenters. The summed E-state index contributed by atoms with van der Waals surface area (Å²) in [6.45, 7) is 5.08. The molecule has 2 saturated carbocycles. The first-order valence-corrected chi connectivity index (χ1v) is 16.8. The van der Waals surface area contributed by atoms with Gasteiger partial charge in [-0.3, -0.25) is 4.79 Å². The molecular weight excluding hydrogens is 600 g/mol. The third-order valence-corrected chi connectivity index (χ3v) is 11.5. The highest BCUT2D eigenvalue weighted by molar-refractivity contribution is 6.33. The molecule has 5 atom stereocenters. The van der Waals surface area contributed by atoms with Crippen LogP contribution in [-0.4, -0.2) is 64.3 Å². The number of carboxylic acid groups (broad SMARTS) is 1. The highest BCUT2D eigenvalue weighted by Gasteiger charge is 2.61. The lowest BCUT2D eigenvalue weighted by Gasteiger charge is -2.53. The predicted octanol–water partition coefficient (Wildman–Crippen LogP) is 6.98. The van der Waals surface area contributed by atoms with E-state index in [4.69, 9.17) is 21.3 Å². The van der Waals surface area contributed by atoms with Crippen molar-refractivity contribution in [1.82, 2.24) is 14.5 Å². The summed E-state index contributed by atoms with van der Waals surface area (Å²) in [6.07, 6.45) is 5.38. The van der Waals surface area contributed by atoms with Gasteiger partial charge in [-0.05, 0) is 110 Å². The predicted molar refractivity (Wildman–Crippen MR) is 178 cm³/mol. The molecule has 8 rings (SSSR count). The van der Waals surface area contributed by atoms with Gasteiger partial charge in [0.1, 0.15) is 5.82 Å². The molecule has 3 heterocycles. The maximum absolute atomic E-state index is 14.0. The maximum Gasteiger partial charge on any atom is 0.335 e. The van der Waals surface area contributed by atoms with Crippen LogP contribution in [0.3, 0.4) is 0 Å². The maximum atomic E-state index is 14.0. The van der Waals surface area contributed by atoms with Crippen molar-refractivity contribution in [3.8, 4) is 0 Å². The number of benzene rings is 3. The number of fused-ring (bicyclic) bond motifs is 2. The smallest absolute Gasteiger partial charge is 0.335 e. The average Bonchev–Trinajstić information content (AvgIpc) is 3.42. The van der Waals surface area contributed by atoms with Crippen LogP contribution in [0, 0.1) is 30.1 Å². The average molecular weight is 639 g/mol. The topological polar surface area (TPSA) is 87.9 Å². The van der Waals surface area contributed by atoms with Gasteiger partial charge >= 0.3 is 5.97 Å². The Morgan fingerprint density at radius 3 is 2.70 bits per heavy atom. The van der Waals surface area contributed by atoms with Gasteiger partial charge in [-0.1, -0.05) is 23.7 Å². The Labute approximate surface area is 273 Å². The van der Waals surface area contributed by atoms with E-state index in [0.717, 1.165) is 85.6 Å². The zero-order valence-electron chi connectivity index (χ0n) is 26.3. The fraction of sp³-hybridized carbons (Fsp3) is 0.432. The normalized spacial score (nSPS) is 26.4. The molecule has 2 aliphatic heterocycles. The number of rotatable bonds is 8. The Kier molecular flexibility index (Phi) is 7.14. The van der Waals surface area contributed by atoms with Crippen LogP contribution in [0.2, 0.25) is 5.02 Å². The van der Waals surface area contributed by atoms with Crippen LogP contribution in [0.25, 0.3) is 11.0 Å². The molecule has 4 fully saturated rings. The summed E-state index contributed by atoms with van der Waals surface area (Å²) in [5.41, 5.74) is 5.86. The van der Waals surface area contributed by atoms with Gasteiger partial charge in [-0.2, -0.15) is 0 Å². The van der Waals surface area contributed by atoms with Gasteiger partial charge in [0, 0.05) is 44.4 Å². The number of halogens is 1. The van der Waals surface area contributed by atoms with Crippen LogP contribution >= 0.6 is 11.6 Å². The van der Waals surface area contributed by atoms with Gasteiger partial charge in [0.05, 0.1) is 40.0 Å². The lowest BCUT2D eigenvalue weighted by atomic mass is 9.53. The second-order valence-electron chi connectivity index (χ2n) is 14.1. The number of aromatic nitrogens is 2. The Bertz CT molecular complexity index is 1860. The molecule has 1 aromatic heterocycles. The van der Waals surface area contributed by atoms with E-state index in [1.165, 1.54) is 0 Å². The summed E-state index contributed by atoms with van der Waals surface area (Å²) < 4.78 is 8.02. The van der Waals surface area contributed by atoms with Gasteiger partial charge in [0.15, 0.2) is 0 Å². The minimum atomic E-state index is -0.925. The first kappa shape index (κ1) is 29.5. The number of imidazole rings is 1. The molecule has 1 N–H and O–H groups in total. The van der Waals surface area contributed by atoms with Gasteiger partial charge in [0.25, 0.3) is 5.91 Å². The molecule has 46 heavy (non-hydrogen) atoms.